The van der Waals surface area contributed by atoms with Gasteiger partial charge in [0.1, 0.15) is 0 Å². The molecule has 3 amide bonds. The molecule has 4 heteroatoms. The van der Waals surface area contributed by atoms with Gasteiger partial charge in [0.2, 0.25) is 5.91 Å². The standard InChI is InChI=1S/C9H16N2O2/c1-4-5-7(6(2)3)8(12)11-9(10)13/h4-7H,1-3H3,(H3,10,11,12,13). The second-order valence-corrected chi connectivity index (χ2v) is 3.15. The maximum absolute atomic E-state index is 11.3. The van der Waals surface area contributed by atoms with Gasteiger partial charge in [0.25, 0.3) is 0 Å². The molecule has 1 unspecified atom stereocenters. The van der Waals surface area contributed by atoms with E-state index in [0.717, 1.165) is 0 Å². The molecule has 1 atom stereocenters. The molecular weight excluding hydrogens is 168 g/mol. The molecule has 0 aromatic rings. The Kier molecular flexibility index (Phi) is 4.80. The van der Waals surface area contributed by atoms with E-state index >= 15 is 0 Å². The summed E-state index contributed by atoms with van der Waals surface area (Å²) in [5, 5.41) is 2.06. The molecule has 74 valence electrons. The highest BCUT2D eigenvalue weighted by atomic mass is 16.2. The molecule has 0 saturated heterocycles. The van der Waals surface area contributed by atoms with Gasteiger partial charge in [-0.2, -0.15) is 0 Å². The number of allylic oxidation sites excluding steroid dienone is 1. The number of rotatable bonds is 3. The average molecular weight is 184 g/mol. The summed E-state index contributed by atoms with van der Waals surface area (Å²) < 4.78 is 0. The fourth-order valence-electron chi connectivity index (χ4n) is 1.02. The lowest BCUT2D eigenvalue weighted by Crippen LogP contribution is -2.40. The first kappa shape index (κ1) is 11.7. The third kappa shape index (κ3) is 4.30. The molecule has 0 aliphatic rings. The third-order valence-electron chi connectivity index (χ3n) is 1.67. The van der Waals surface area contributed by atoms with Crippen molar-refractivity contribution < 1.29 is 9.59 Å². The molecule has 4 nitrogen and oxygen atoms in total. The second-order valence-electron chi connectivity index (χ2n) is 3.15. The number of carbonyl (C=O) groups is 2. The highest BCUT2D eigenvalue weighted by molar-refractivity contribution is 5.95. The van der Waals surface area contributed by atoms with E-state index in [-0.39, 0.29) is 17.7 Å². The van der Waals surface area contributed by atoms with Gasteiger partial charge in [-0.3, -0.25) is 10.1 Å². The van der Waals surface area contributed by atoms with Gasteiger partial charge in [-0.25, -0.2) is 4.79 Å². The van der Waals surface area contributed by atoms with Crippen molar-refractivity contribution in [2.75, 3.05) is 0 Å². The Morgan fingerprint density at radius 2 is 1.92 bits per heavy atom. The van der Waals surface area contributed by atoms with E-state index < -0.39 is 6.03 Å². The lowest BCUT2D eigenvalue weighted by molar-refractivity contribution is -0.123. The summed E-state index contributed by atoms with van der Waals surface area (Å²) in [5.74, 6) is -0.492. The number of primary amides is 1. The molecule has 0 rings (SSSR count). The molecule has 0 aliphatic heterocycles. The Morgan fingerprint density at radius 3 is 2.23 bits per heavy atom. The smallest absolute Gasteiger partial charge is 0.318 e. The number of urea groups is 1. The van der Waals surface area contributed by atoms with Crippen LogP contribution in [0.1, 0.15) is 20.8 Å². The minimum absolute atomic E-state index is 0.149. The van der Waals surface area contributed by atoms with Crippen molar-refractivity contribution in [1.29, 1.82) is 0 Å². The van der Waals surface area contributed by atoms with E-state index in [1.165, 1.54) is 0 Å². The lowest BCUT2D eigenvalue weighted by atomic mass is 9.94. The quantitative estimate of drug-likeness (QED) is 0.643. The van der Waals surface area contributed by atoms with E-state index in [9.17, 15) is 9.59 Å². The minimum Gasteiger partial charge on any atom is -0.351 e. The van der Waals surface area contributed by atoms with Crippen molar-refractivity contribution in [2.24, 2.45) is 17.6 Å². The number of nitrogens with two attached hydrogens (primary N) is 1. The maximum atomic E-state index is 11.3. The van der Waals surface area contributed by atoms with Crippen molar-refractivity contribution in [2.45, 2.75) is 20.8 Å². The summed E-state index contributed by atoms with van der Waals surface area (Å²) >= 11 is 0. The molecule has 0 spiro atoms. The van der Waals surface area contributed by atoms with Gasteiger partial charge in [0.05, 0.1) is 5.92 Å². The van der Waals surface area contributed by atoms with Crippen LogP contribution in [0, 0.1) is 11.8 Å². The fraction of sp³-hybridized carbons (Fsp3) is 0.556. The van der Waals surface area contributed by atoms with Crippen LogP contribution in [-0.2, 0) is 4.79 Å². The number of hydrogen-bond acceptors (Lipinski definition) is 2. The molecule has 0 aromatic heterocycles. The number of hydrogen-bond donors (Lipinski definition) is 2. The lowest BCUT2D eigenvalue weighted by Gasteiger charge is -2.14. The molecule has 0 heterocycles. The summed E-state index contributed by atoms with van der Waals surface area (Å²) in [5.41, 5.74) is 4.83. The Balaban J connectivity index is 4.37. The number of nitrogens with one attached hydrogen (secondary N) is 1. The van der Waals surface area contributed by atoms with Crippen molar-refractivity contribution in [3.63, 3.8) is 0 Å². The topological polar surface area (TPSA) is 72.2 Å². The van der Waals surface area contributed by atoms with Gasteiger partial charge in [-0.15, -0.1) is 0 Å². The molecular formula is C9H16N2O2. The zero-order valence-electron chi connectivity index (χ0n) is 8.20. The Morgan fingerprint density at radius 1 is 1.38 bits per heavy atom. The molecule has 0 bridgehead atoms. The molecule has 3 N–H and O–H groups in total. The maximum Gasteiger partial charge on any atom is 0.318 e. The third-order valence-corrected chi connectivity index (χ3v) is 1.67. The largest absolute Gasteiger partial charge is 0.351 e. The van der Waals surface area contributed by atoms with E-state index in [0.29, 0.717) is 0 Å². The molecule has 13 heavy (non-hydrogen) atoms. The van der Waals surface area contributed by atoms with E-state index in [2.05, 4.69) is 5.32 Å². The van der Waals surface area contributed by atoms with Gasteiger partial charge < -0.3 is 5.73 Å². The van der Waals surface area contributed by atoms with E-state index in [4.69, 9.17) is 5.73 Å². The van der Waals surface area contributed by atoms with Crippen LogP contribution in [0.25, 0.3) is 0 Å². The molecule has 0 fully saturated rings. The van der Waals surface area contributed by atoms with Crippen molar-refractivity contribution in [3.05, 3.63) is 12.2 Å². The zero-order chi connectivity index (χ0) is 10.4. The highest BCUT2D eigenvalue weighted by Gasteiger charge is 2.19. The zero-order valence-corrected chi connectivity index (χ0v) is 8.20. The summed E-state index contributed by atoms with van der Waals surface area (Å²) in [7, 11) is 0. The van der Waals surface area contributed by atoms with Gasteiger partial charge >= 0.3 is 6.03 Å². The van der Waals surface area contributed by atoms with Gasteiger partial charge in [-0.1, -0.05) is 26.0 Å². The number of imide groups is 1. The van der Waals surface area contributed by atoms with Crippen LogP contribution in [0.4, 0.5) is 4.79 Å². The summed E-state index contributed by atoms with van der Waals surface area (Å²) in [6.07, 6.45) is 3.54. The monoisotopic (exact) mass is 184 g/mol. The first-order valence-electron chi connectivity index (χ1n) is 4.22. The molecule has 0 aromatic carbocycles. The molecule has 0 saturated carbocycles. The highest BCUT2D eigenvalue weighted by Crippen LogP contribution is 2.12. The predicted molar refractivity (Wildman–Crippen MR) is 50.9 cm³/mol. The van der Waals surface area contributed by atoms with E-state index in [1.807, 2.05) is 20.8 Å². The minimum atomic E-state index is -0.805. The first-order chi connectivity index (χ1) is 5.99. The van der Waals surface area contributed by atoms with Crippen molar-refractivity contribution in [3.8, 4) is 0 Å². The Hall–Kier alpha value is -1.32. The van der Waals surface area contributed by atoms with Gasteiger partial charge in [0.15, 0.2) is 0 Å². The fourth-order valence-corrected chi connectivity index (χ4v) is 1.02. The Labute approximate surface area is 78.2 Å². The first-order valence-corrected chi connectivity index (χ1v) is 4.22. The molecule has 0 aliphatic carbocycles. The van der Waals surface area contributed by atoms with Crippen LogP contribution in [0.15, 0.2) is 12.2 Å². The SMILES string of the molecule is CC=CC(C(=O)NC(N)=O)C(C)C. The van der Waals surface area contributed by atoms with Crippen LogP contribution in [0.3, 0.4) is 0 Å². The van der Waals surface area contributed by atoms with Crippen LogP contribution < -0.4 is 11.1 Å². The van der Waals surface area contributed by atoms with Crippen LogP contribution in [-0.4, -0.2) is 11.9 Å². The molecule has 0 radical (unpaired) electrons. The number of amides is 3. The van der Waals surface area contributed by atoms with E-state index in [1.54, 1.807) is 12.2 Å². The Bertz CT molecular complexity index is 222. The average Bonchev–Trinajstić information content (AvgIpc) is 1.97. The normalized spacial score (nSPS) is 13.2. The van der Waals surface area contributed by atoms with Crippen LogP contribution >= 0.6 is 0 Å². The van der Waals surface area contributed by atoms with Crippen molar-refractivity contribution in [1.82, 2.24) is 5.32 Å². The van der Waals surface area contributed by atoms with Crippen LogP contribution in [0.5, 0.6) is 0 Å². The van der Waals surface area contributed by atoms with Crippen LogP contribution in [0.2, 0.25) is 0 Å². The second kappa shape index (κ2) is 5.35. The summed E-state index contributed by atoms with van der Waals surface area (Å²) in [6.45, 7) is 5.64. The summed E-state index contributed by atoms with van der Waals surface area (Å²) in [4.78, 5) is 21.7. The van der Waals surface area contributed by atoms with Gasteiger partial charge in [-0.05, 0) is 12.8 Å². The number of carbonyl (C=O) groups excluding carboxylic acids is 2. The van der Waals surface area contributed by atoms with Gasteiger partial charge in [0, 0.05) is 0 Å². The van der Waals surface area contributed by atoms with Crippen molar-refractivity contribution >= 4 is 11.9 Å². The summed E-state index contributed by atoms with van der Waals surface area (Å²) in [6, 6.07) is -0.805. The predicted octanol–water partition coefficient (Wildman–Crippen LogP) is 1.03.